The highest BCUT2D eigenvalue weighted by atomic mass is 16.5. The molecule has 3 nitrogen and oxygen atoms in total. The Morgan fingerprint density at radius 3 is 2.40 bits per heavy atom. The van der Waals surface area contributed by atoms with E-state index in [-0.39, 0.29) is 0 Å². The van der Waals surface area contributed by atoms with Gasteiger partial charge in [0.15, 0.2) is 6.10 Å². The third kappa shape index (κ3) is 8.43. The van der Waals surface area contributed by atoms with Gasteiger partial charge in [0.1, 0.15) is 0 Å². The Hall–Kier alpha value is -0.570. The highest BCUT2D eigenvalue weighted by Crippen LogP contribution is 2.04. The summed E-state index contributed by atoms with van der Waals surface area (Å²) in [6, 6.07) is 0. The van der Waals surface area contributed by atoms with Gasteiger partial charge in [0.25, 0.3) is 0 Å². The molecule has 0 radical (unpaired) electrons. The fourth-order valence-corrected chi connectivity index (χ4v) is 1.31. The van der Waals surface area contributed by atoms with E-state index in [0.717, 1.165) is 25.7 Å². The summed E-state index contributed by atoms with van der Waals surface area (Å²) in [4.78, 5) is 11.2. The Labute approximate surface area is 92.8 Å². The van der Waals surface area contributed by atoms with Gasteiger partial charge in [-0.25, -0.2) is 4.79 Å². The number of hydrogen-bond acceptors (Lipinski definition) is 3. The van der Waals surface area contributed by atoms with Crippen LogP contribution in [0.15, 0.2) is 0 Å². The molecular weight excluding hydrogens is 192 g/mol. The number of aliphatic hydroxyl groups excluding tert-OH is 1. The molecule has 0 aromatic carbocycles. The third-order valence-electron chi connectivity index (χ3n) is 2.35. The maximum atomic E-state index is 11.2. The number of carbonyl (C=O) groups is 1. The molecule has 0 rings (SSSR count). The number of hydrogen-bond donors (Lipinski definition) is 1. The second-order valence-corrected chi connectivity index (χ2v) is 3.89. The Bertz CT molecular complexity index is 157. The molecule has 0 aliphatic rings. The van der Waals surface area contributed by atoms with E-state index in [1.807, 2.05) is 6.92 Å². The summed E-state index contributed by atoms with van der Waals surface area (Å²) >= 11 is 0. The maximum absolute atomic E-state index is 11.2. The van der Waals surface area contributed by atoms with Crippen molar-refractivity contribution in [2.24, 2.45) is 0 Å². The van der Waals surface area contributed by atoms with Crippen LogP contribution in [-0.4, -0.2) is 23.8 Å². The van der Waals surface area contributed by atoms with Gasteiger partial charge < -0.3 is 9.84 Å². The molecule has 3 heteroatoms. The lowest BCUT2D eigenvalue weighted by molar-refractivity contribution is -0.154. The first-order valence-electron chi connectivity index (χ1n) is 6.07. The highest BCUT2D eigenvalue weighted by molar-refractivity contribution is 5.74. The lowest BCUT2D eigenvalue weighted by Gasteiger charge is -2.09. The van der Waals surface area contributed by atoms with Crippen molar-refractivity contribution in [3.05, 3.63) is 0 Å². The van der Waals surface area contributed by atoms with E-state index >= 15 is 0 Å². The van der Waals surface area contributed by atoms with Crippen LogP contribution < -0.4 is 0 Å². The summed E-state index contributed by atoms with van der Waals surface area (Å²) in [6.45, 7) is 4.62. The van der Waals surface area contributed by atoms with Crippen molar-refractivity contribution in [2.75, 3.05) is 6.61 Å². The van der Waals surface area contributed by atoms with E-state index in [2.05, 4.69) is 6.92 Å². The zero-order valence-corrected chi connectivity index (χ0v) is 10.00. The molecule has 1 unspecified atom stereocenters. The second-order valence-electron chi connectivity index (χ2n) is 3.89. The van der Waals surface area contributed by atoms with Crippen LogP contribution >= 0.6 is 0 Å². The van der Waals surface area contributed by atoms with E-state index < -0.39 is 12.1 Å². The lowest BCUT2D eigenvalue weighted by Crippen LogP contribution is -2.23. The SMILES string of the molecule is CCCCCCOC(=O)C(O)CCCC. The van der Waals surface area contributed by atoms with Gasteiger partial charge in [-0.05, 0) is 12.8 Å². The Morgan fingerprint density at radius 1 is 1.13 bits per heavy atom. The summed E-state index contributed by atoms with van der Waals surface area (Å²) in [5, 5.41) is 9.38. The minimum atomic E-state index is -0.920. The molecule has 0 aliphatic carbocycles. The minimum Gasteiger partial charge on any atom is -0.464 e. The minimum absolute atomic E-state index is 0.446. The van der Waals surface area contributed by atoms with Crippen molar-refractivity contribution in [3.8, 4) is 0 Å². The van der Waals surface area contributed by atoms with Crippen LogP contribution in [0, 0.1) is 0 Å². The first-order chi connectivity index (χ1) is 7.22. The van der Waals surface area contributed by atoms with Crippen LogP contribution in [-0.2, 0) is 9.53 Å². The Morgan fingerprint density at radius 2 is 1.80 bits per heavy atom. The van der Waals surface area contributed by atoms with Crippen LogP contribution in [0.2, 0.25) is 0 Å². The Kier molecular flexibility index (Phi) is 9.59. The lowest BCUT2D eigenvalue weighted by atomic mass is 10.1. The first kappa shape index (κ1) is 14.4. The van der Waals surface area contributed by atoms with E-state index in [1.54, 1.807) is 0 Å². The fraction of sp³-hybridized carbons (Fsp3) is 0.917. The molecule has 0 bridgehead atoms. The fourth-order valence-electron chi connectivity index (χ4n) is 1.31. The van der Waals surface area contributed by atoms with Crippen LogP contribution in [0.5, 0.6) is 0 Å². The monoisotopic (exact) mass is 216 g/mol. The molecule has 0 aromatic rings. The topological polar surface area (TPSA) is 46.5 Å². The van der Waals surface area contributed by atoms with Gasteiger partial charge in [-0.2, -0.15) is 0 Å². The Balaban J connectivity index is 3.38. The normalized spacial score (nSPS) is 12.5. The molecule has 0 spiro atoms. The number of rotatable bonds is 9. The van der Waals surface area contributed by atoms with Gasteiger partial charge >= 0.3 is 5.97 Å². The van der Waals surface area contributed by atoms with Gasteiger partial charge in [-0.1, -0.05) is 46.0 Å². The second kappa shape index (κ2) is 9.97. The molecule has 0 saturated heterocycles. The summed E-state index contributed by atoms with van der Waals surface area (Å²) < 4.78 is 4.96. The van der Waals surface area contributed by atoms with Crippen molar-refractivity contribution in [3.63, 3.8) is 0 Å². The van der Waals surface area contributed by atoms with E-state index in [1.165, 1.54) is 12.8 Å². The van der Waals surface area contributed by atoms with Gasteiger partial charge in [0.05, 0.1) is 6.61 Å². The van der Waals surface area contributed by atoms with Crippen molar-refractivity contribution in [2.45, 2.75) is 64.9 Å². The molecule has 0 aliphatic heterocycles. The first-order valence-corrected chi connectivity index (χ1v) is 6.07. The molecule has 0 aromatic heterocycles. The van der Waals surface area contributed by atoms with Gasteiger partial charge in [-0.15, -0.1) is 0 Å². The summed E-state index contributed by atoms with van der Waals surface area (Å²) in [5.74, 6) is -0.458. The quantitative estimate of drug-likeness (QED) is 0.476. The van der Waals surface area contributed by atoms with Crippen molar-refractivity contribution < 1.29 is 14.6 Å². The predicted molar refractivity (Wildman–Crippen MR) is 60.6 cm³/mol. The van der Waals surface area contributed by atoms with Crippen LogP contribution in [0.4, 0.5) is 0 Å². The zero-order valence-electron chi connectivity index (χ0n) is 10.00. The number of aliphatic hydroxyl groups is 1. The molecule has 1 N–H and O–H groups in total. The molecule has 0 heterocycles. The van der Waals surface area contributed by atoms with Gasteiger partial charge in [-0.3, -0.25) is 0 Å². The number of unbranched alkanes of at least 4 members (excludes halogenated alkanes) is 4. The van der Waals surface area contributed by atoms with Crippen LogP contribution in [0.25, 0.3) is 0 Å². The molecular formula is C12H24O3. The van der Waals surface area contributed by atoms with Crippen LogP contribution in [0.1, 0.15) is 58.8 Å². The molecule has 1 atom stereocenters. The number of ether oxygens (including phenoxy) is 1. The molecule has 0 amide bonds. The van der Waals surface area contributed by atoms with E-state index in [0.29, 0.717) is 13.0 Å². The average molecular weight is 216 g/mol. The van der Waals surface area contributed by atoms with E-state index in [4.69, 9.17) is 4.74 Å². The largest absolute Gasteiger partial charge is 0.464 e. The molecule has 0 saturated carbocycles. The molecule has 0 fully saturated rings. The maximum Gasteiger partial charge on any atom is 0.334 e. The van der Waals surface area contributed by atoms with E-state index in [9.17, 15) is 9.90 Å². The van der Waals surface area contributed by atoms with Crippen molar-refractivity contribution in [1.29, 1.82) is 0 Å². The third-order valence-corrected chi connectivity index (χ3v) is 2.35. The molecule has 15 heavy (non-hydrogen) atoms. The summed E-state index contributed by atoms with van der Waals surface area (Å²) in [6.07, 6.45) is 5.80. The van der Waals surface area contributed by atoms with Gasteiger partial charge in [0, 0.05) is 0 Å². The average Bonchev–Trinajstić information content (AvgIpc) is 2.25. The predicted octanol–water partition coefficient (Wildman–Crippen LogP) is 2.66. The smallest absolute Gasteiger partial charge is 0.334 e. The summed E-state index contributed by atoms with van der Waals surface area (Å²) in [7, 11) is 0. The van der Waals surface area contributed by atoms with Crippen molar-refractivity contribution in [1.82, 2.24) is 0 Å². The van der Waals surface area contributed by atoms with Crippen molar-refractivity contribution >= 4 is 5.97 Å². The van der Waals surface area contributed by atoms with Gasteiger partial charge in [0.2, 0.25) is 0 Å². The highest BCUT2D eigenvalue weighted by Gasteiger charge is 2.14. The summed E-state index contributed by atoms with van der Waals surface area (Å²) in [5.41, 5.74) is 0. The number of esters is 1. The molecule has 90 valence electrons. The van der Waals surface area contributed by atoms with Crippen LogP contribution in [0.3, 0.4) is 0 Å². The standard InChI is InChI=1S/C12H24O3/c1-3-5-7-8-10-15-12(14)11(13)9-6-4-2/h11,13H,3-10H2,1-2H3. The zero-order chi connectivity index (χ0) is 11.5. The number of carbonyl (C=O) groups excluding carboxylic acids is 1.